The van der Waals surface area contributed by atoms with E-state index in [9.17, 15) is 14.4 Å². The molecule has 29 heavy (non-hydrogen) atoms. The van der Waals surface area contributed by atoms with E-state index in [4.69, 9.17) is 18.9 Å². The molecule has 0 spiro atoms. The second-order valence-electron chi connectivity index (χ2n) is 7.18. The Morgan fingerprint density at radius 1 is 1.21 bits per heavy atom. The van der Waals surface area contributed by atoms with Gasteiger partial charge in [-0.25, -0.2) is 0 Å². The molecule has 0 bridgehead atoms. The van der Waals surface area contributed by atoms with Crippen LogP contribution in [0.25, 0.3) is 0 Å². The van der Waals surface area contributed by atoms with Gasteiger partial charge in [0, 0.05) is 17.2 Å². The molecule has 1 heterocycles. The summed E-state index contributed by atoms with van der Waals surface area (Å²) in [5, 5.41) is 0. The number of allylic oxidation sites excluding steroid dienone is 2. The second-order valence-corrected chi connectivity index (χ2v) is 7.18. The maximum atomic E-state index is 12.8. The van der Waals surface area contributed by atoms with Crippen molar-refractivity contribution in [1.29, 1.82) is 0 Å². The first-order valence-corrected chi connectivity index (χ1v) is 9.75. The summed E-state index contributed by atoms with van der Waals surface area (Å²) < 4.78 is 21.7. The Kier molecular flexibility index (Phi) is 6.37. The smallest absolute Gasteiger partial charge is 0.308 e. The number of carbonyl (C=O) groups is 3. The molecule has 2 aliphatic rings. The summed E-state index contributed by atoms with van der Waals surface area (Å²) in [6, 6.07) is 1.73. The number of Topliss-reactive ketones (excluding diaryl/α,β-unsaturated/α-hetero) is 1. The summed E-state index contributed by atoms with van der Waals surface area (Å²) in [6.07, 6.45) is 3.65. The van der Waals surface area contributed by atoms with Gasteiger partial charge < -0.3 is 18.9 Å². The van der Waals surface area contributed by atoms with Gasteiger partial charge in [-0.3, -0.25) is 14.4 Å². The molecule has 2 atom stereocenters. The molecule has 156 valence electrons. The Labute approximate surface area is 170 Å². The van der Waals surface area contributed by atoms with Crippen molar-refractivity contribution in [2.45, 2.75) is 51.2 Å². The molecule has 0 N–H and O–H groups in total. The number of ketones is 2. The molecule has 0 saturated carbocycles. The van der Waals surface area contributed by atoms with Gasteiger partial charge in [0.05, 0.1) is 45.5 Å². The first kappa shape index (κ1) is 21.0. The molecule has 0 saturated heterocycles. The zero-order valence-corrected chi connectivity index (χ0v) is 17.2. The van der Waals surface area contributed by atoms with Gasteiger partial charge in [0.2, 0.25) is 5.78 Å². The fraction of sp³-hybridized carbons (Fsp3) is 0.500. The van der Waals surface area contributed by atoms with Gasteiger partial charge in [-0.15, -0.1) is 0 Å². The van der Waals surface area contributed by atoms with Crippen LogP contribution in [0.2, 0.25) is 0 Å². The highest BCUT2D eigenvalue weighted by Crippen LogP contribution is 2.45. The lowest BCUT2D eigenvalue weighted by atomic mass is 9.82. The van der Waals surface area contributed by atoms with E-state index in [1.807, 2.05) is 0 Å². The van der Waals surface area contributed by atoms with Crippen LogP contribution in [-0.2, 0) is 25.4 Å². The third kappa shape index (κ3) is 3.92. The quantitative estimate of drug-likeness (QED) is 0.646. The first-order valence-electron chi connectivity index (χ1n) is 9.75. The fourth-order valence-electron chi connectivity index (χ4n) is 4.01. The zero-order chi connectivity index (χ0) is 21.1. The molecular formula is C22H26O7. The average Bonchev–Trinajstić information content (AvgIpc) is 2.72. The summed E-state index contributed by atoms with van der Waals surface area (Å²) in [4.78, 5) is 37.3. The molecule has 0 amide bonds. The van der Waals surface area contributed by atoms with Gasteiger partial charge in [0.25, 0.3) is 0 Å². The van der Waals surface area contributed by atoms with Crippen molar-refractivity contribution >= 4 is 17.5 Å². The second kappa shape index (κ2) is 8.78. The number of esters is 1. The highest BCUT2D eigenvalue weighted by atomic mass is 16.5. The topological polar surface area (TPSA) is 88.1 Å². The number of benzene rings is 1. The maximum Gasteiger partial charge on any atom is 0.308 e. The van der Waals surface area contributed by atoms with Crippen molar-refractivity contribution in [1.82, 2.24) is 0 Å². The van der Waals surface area contributed by atoms with E-state index in [1.165, 1.54) is 27.4 Å². The average molecular weight is 402 g/mol. The summed E-state index contributed by atoms with van der Waals surface area (Å²) in [7, 11) is 4.19. The van der Waals surface area contributed by atoms with Crippen molar-refractivity contribution in [3.05, 3.63) is 40.2 Å². The van der Waals surface area contributed by atoms with Crippen LogP contribution in [0.4, 0.5) is 0 Å². The van der Waals surface area contributed by atoms with Crippen molar-refractivity contribution < 1.29 is 33.3 Å². The molecule has 0 aromatic heterocycles. The lowest BCUT2D eigenvalue weighted by molar-refractivity contribution is -0.145. The molecule has 7 heteroatoms. The predicted octanol–water partition coefficient (Wildman–Crippen LogP) is 3.34. The summed E-state index contributed by atoms with van der Waals surface area (Å²) in [5.41, 5.74) is 2.14. The van der Waals surface area contributed by atoms with E-state index < -0.39 is 0 Å². The van der Waals surface area contributed by atoms with Crippen LogP contribution in [0, 0.1) is 0 Å². The molecular weight excluding hydrogens is 376 g/mol. The van der Waals surface area contributed by atoms with Crippen LogP contribution < -0.4 is 4.74 Å². The Bertz CT molecular complexity index is 868. The summed E-state index contributed by atoms with van der Waals surface area (Å²) in [5.74, 6) is -0.662. The van der Waals surface area contributed by atoms with Crippen LogP contribution in [0.3, 0.4) is 0 Å². The van der Waals surface area contributed by atoms with Crippen LogP contribution in [0.1, 0.15) is 70.6 Å². The number of carbonyl (C=O) groups excluding carboxylic acids is 3. The number of rotatable bonds is 7. The largest absolute Gasteiger partial charge is 0.496 e. The highest BCUT2D eigenvalue weighted by molar-refractivity contribution is 6.25. The molecule has 1 aromatic carbocycles. The predicted molar refractivity (Wildman–Crippen MR) is 104 cm³/mol. The van der Waals surface area contributed by atoms with Gasteiger partial charge in [0.15, 0.2) is 11.5 Å². The normalized spacial score (nSPS) is 20.5. The van der Waals surface area contributed by atoms with E-state index in [-0.39, 0.29) is 53.1 Å². The van der Waals surface area contributed by atoms with Crippen LogP contribution in [0.5, 0.6) is 5.75 Å². The van der Waals surface area contributed by atoms with Gasteiger partial charge in [-0.2, -0.15) is 0 Å². The van der Waals surface area contributed by atoms with Gasteiger partial charge in [-0.1, -0.05) is 19.8 Å². The third-order valence-electron chi connectivity index (χ3n) is 5.37. The Morgan fingerprint density at radius 3 is 2.59 bits per heavy atom. The number of hydrogen-bond acceptors (Lipinski definition) is 7. The molecule has 0 unspecified atom stereocenters. The van der Waals surface area contributed by atoms with Crippen LogP contribution in [-0.4, -0.2) is 45.0 Å². The van der Waals surface area contributed by atoms with E-state index in [2.05, 4.69) is 6.92 Å². The molecule has 3 rings (SSSR count). The van der Waals surface area contributed by atoms with Crippen molar-refractivity contribution in [3.8, 4) is 5.75 Å². The number of hydrogen-bond donors (Lipinski definition) is 0. The van der Waals surface area contributed by atoms with Crippen LogP contribution in [0.15, 0.2) is 17.9 Å². The minimum absolute atomic E-state index is 0.00482. The number of unbranched alkanes of at least 4 members (excludes halogenated alkanes) is 1. The maximum absolute atomic E-state index is 12.8. The van der Waals surface area contributed by atoms with E-state index >= 15 is 0 Å². The third-order valence-corrected chi connectivity index (χ3v) is 5.37. The van der Waals surface area contributed by atoms with Crippen LogP contribution >= 0.6 is 0 Å². The molecule has 7 nitrogen and oxygen atoms in total. The summed E-state index contributed by atoms with van der Waals surface area (Å²) in [6.45, 7) is 2.08. The number of methoxy groups -OCH3 is 3. The Balaban J connectivity index is 2.13. The number of ether oxygens (including phenoxy) is 4. The van der Waals surface area contributed by atoms with Gasteiger partial charge >= 0.3 is 5.97 Å². The molecule has 0 radical (unpaired) electrons. The van der Waals surface area contributed by atoms with E-state index in [1.54, 1.807) is 6.07 Å². The lowest BCUT2D eigenvalue weighted by Gasteiger charge is -2.34. The highest BCUT2D eigenvalue weighted by Gasteiger charge is 2.38. The van der Waals surface area contributed by atoms with Crippen molar-refractivity contribution in [2.24, 2.45) is 0 Å². The Hall–Kier alpha value is -2.67. The molecule has 1 aliphatic heterocycles. The monoisotopic (exact) mass is 402 g/mol. The summed E-state index contributed by atoms with van der Waals surface area (Å²) >= 11 is 0. The molecule has 1 aliphatic carbocycles. The Morgan fingerprint density at radius 2 is 1.97 bits per heavy atom. The van der Waals surface area contributed by atoms with E-state index in [0.717, 1.165) is 30.4 Å². The van der Waals surface area contributed by atoms with E-state index in [0.29, 0.717) is 12.2 Å². The molecule has 0 fully saturated rings. The minimum Gasteiger partial charge on any atom is -0.496 e. The first-order chi connectivity index (χ1) is 13.9. The van der Waals surface area contributed by atoms with Crippen molar-refractivity contribution in [2.75, 3.05) is 21.3 Å². The van der Waals surface area contributed by atoms with Gasteiger partial charge in [0.1, 0.15) is 5.75 Å². The fourth-order valence-corrected chi connectivity index (χ4v) is 4.01. The van der Waals surface area contributed by atoms with Gasteiger partial charge in [-0.05, 0) is 24.5 Å². The zero-order valence-electron chi connectivity index (χ0n) is 17.2. The standard InChI is InChI=1S/C22H26O7/c1-5-6-7-16-19-12(8-13(29-16)10-18(24)27-3)9-14-20(22(19)28-4)15(23)11-17(26-2)21(14)25/h9,11,13,16H,5-8,10H2,1-4H3/t13-,16-/m1/s1. The lowest BCUT2D eigenvalue weighted by Crippen LogP contribution is -2.31. The SMILES string of the molecule is CCCC[C@H]1O[C@@H](CC(=O)OC)Cc2cc3c(c(OC)c21)C(=O)C=C(OC)C3=O. The minimum atomic E-state index is -0.369. The number of fused-ring (bicyclic) bond motifs is 2. The van der Waals surface area contributed by atoms with Crippen molar-refractivity contribution in [3.63, 3.8) is 0 Å². The molecule has 1 aromatic rings.